The van der Waals surface area contributed by atoms with E-state index in [1.807, 2.05) is 18.3 Å². The highest BCUT2D eigenvalue weighted by atomic mass is 16.2. The number of nitrogens with zero attached hydrogens (tertiary/aromatic N) is 5. The van der Waals surface area contributed by atoms with E-state index in [-0.39, 0.29) is 5.41 Å². The van der Waals surface area contributed by atoms with Gasteiger partial charge in [-0.2, -0.15) is 0 Å². The topological polar surface area (TPSA) is 62.2 Å². The lowest BCUT2D eigenvalue weighted by molar-refractivity contribution is -0.142. The summed E-state index contributed by atoms with van der Waals surface area (Å²) in [5.74, 6) is 1.74. The van der Waals surface area contributed by atoms with E-state index in [0.29, 0.717) is 11.8 Å². The normalized spacial score (nSPS) is 21.1. The van der Waals surface area contributed by atoms with Gasteiger partial charge in [0.2, 0.25) is 11.9 Å². The summed E-state index contributed by atoms with van der Waals surface area (Å²) in [5.41, 5.74) is 2.15. The molecular formula is C27H33N5O. The van der Waals surface area contributed by atoms with Crippen LogP contribution in [-0.4, -0.2) is 51.9 Å². The number of amides is 1. The number of likely N-dealkylation sites (tertiary alicyclic amines) is 1. The van der Waals surface area contributed by atoms with Gasteiger partial charge in [0.25, 0.3) is 0 Å². The number of benzene rings is 1. The van der Waals surface area contributed by atoms with E-state index in [1.165, 1.54) is 17.4 Å². The Labute approximate surface area is 196 Å². The molecule has 0 bridgehead atoms. The first-order chi connectivity index (χ1) is 16.1. The van der Waals surface area contributed by atoms with E-state index in [1.54, 1.807) is 12.4 Å². The Balaban J connectivity index is 1.17. The Bertz CT molecular complexity index is 1090. The van der Waals surface area contributed by atoms with E-state index >= 15 is 0 Å². The molecule has 3 aromatic rings. The summed E-state index contributed by atoms with van der Waals surface area (Å²) in [7, 11) is 0. The summed E-state index contributed by atoms with van der Waals surface area (Å²) in [4.78, 5) is 31.1. The minimum atomic E-state index is -0.281. The van der Waals surface area contributed by atoms with Crippen LogP contribution in [0.25, 0.3) is 10.9 Å². The first-order valence-corrected chi connectivity index (χ1v) is 12.3. The zero-order valence-electron chi connectivity index (χ0n) is 19.5. The molecule has 6 heteroatoms. The Morgan fingerprint density at radius 1 is 0.970 bits per heavy atom. The first-order valence-electron chi connectivity index (χ1n) is 12.3. The molecule has 0 radical (unpaired) electrons. The Morgan fingerprint density at radius 2 is 1.76 bits per heavy atom. The molecule has 1 atom stereocenters. The highest BCUT2D eigenvalue weighted by Crippen LogP contribution is 2.35. The number of fused-ring (bicyclic) bond motifs is 1. The largest absolute Gasteiger partial charge is 0.342 e. The first kappa shape index (κ1) is 21.8. The number of hydrogen-bond donors (Lipinski definition) is 0. The molecule has 2 aromatic heterocycles. The maximum atomic E-state index is 13.6. The summed E-state index contributed by atoms with van der Waals surface area (Å²) in [6.07, 6.45) is 11.6. The van der Waals surface area contributed by atoms with Crippen LogP contribution >= 0.6 is 0 Å². The van der Waals surface area contributed by atoms with Gasteiger partial charge in [0.05, 0.1) is 5.52 Å². The van der Waals surface area contributed by atoms with Gasteiger partial charge in [-0.15, -0.1) is 0 Å². The number of carbonyl (C=O) groups excluding carboxylic acids is 1. The third-order valence-electron chi connectivity index (χ3n) is 7.54. The van der Waals surface area contributed by atoms with Crippen LogP contribution in [0.15, 0.2) is 55.0 Å². The third-order valence-corrected chi connectivity index (χ3v) is 7.54. The molecule has 1 aromatic carbocycles. The number of pyridine rings is 1. The molecule has 4 heterocycles. The zero-order valence-corrected chi connectivity index (χ0v) is 19.5. The second kappa shape index (κ2) is 9.46. The molecule has 2 aliphatic heterocycles. The average Bonchev–Trinajstić information content (AvgIpc) is 3.10. The van der Waals surface area contributed by atoms with Crippen molar-refractivity contribution in [3.8, 4) is 0 Å². The monoisotopic (exact) mass is 443 g/mol. The fraction of sp³-hybridized carbons (Fsp3) is 0.481. The molecule has 0 aliphatic carbocycles. The molecule has 2 fully saturated rings. The summed E-state index contributed by atoms with van der Waals surface area (Å²) in [5, 5.41) is 1.21. The molecular weight excluding hydrogens is 410 g/mol. The van der Waals surface area contributed by atoms with Crippen LogP contribution in [0.4, 0.5) is 5.95 Å². The van der Waals surface area contributed by atoms with Crippen LogP contribution in [0, 0.1) is 11.3 Å². The predicted octanol–water partition coefficient (Wildman–Crippen LogP) is 4.50. The lowest BCUT2D eigenvalue weighted by atomic mass is 9.79. The standard InChI is InChI=1S/C27H33N5O/c1-27(10-17-32(18-11-27)26-29-13-4-14-30-26)25(33)31-15-3-5-21(9-16-31)19-22-7-8-24-23(20-22)6-2-12-28-24/h2,4,6-8,12-14,20-21H,3,5,9-11,15-19H2,1H3. The SMILES string of the molecule is CC1(C(=O)N2CCCC(Cc3ccc4ncccc4c3)CC2)CCN(c2ncccn2)CC1. The van der Waals surface area contributed by atoms with Crippen molar-refractivity contribution >= 4 is 22.8 Å². The predicted molar refractivity (Wildman–Crippen MR) is 131 cm³/mol. The lowest BCUT2D eigenvalue weighted by Crippen LogP contribution is -2.49. The number of aromatic nitrogens is 3. The number of hydrogen-bond acceptors (Lipinski definition) is 5. The fourth-order valence-electron chi connectivity index (χ4n) is 5.41. The molecule has 2 aliphatic rings. The number of anilines is 1. The number of rotatable bonds is 4. The molecule has 2 saturated heterocycles. The van der Waals surface area contributed by atoms with Crippen molar-refractivity contribution in [1.82, 2.24) is 19.9 Å². The van der Waals surface area contributed by atoms with Crippen LogP contribution in [0.1, 0.15) is 44.6 Å². The van der Waals surface area contributed by atoms with Gasteiger partial charge < -0.3 is 9.80 Å². The quantitative estimate of drug-likeness (QED) is 0.594. The smallest absolute Gasteiger partial charge is 0.228 e. The van der Waals surface area contributed by atoms with Crippen molar-refractivity contribution in [1.29, 1.82) is 0 Å². The highest BCUT2D eigenvalue weighted by molar-refractivity contribution is 5.83. The molecule has 6 nitrogen and oxygen atoms in total. The van der Waals surface area contributed by atoms with Crippen LogP contribution in [0.5, 0.6) is 0 Å². The van der Waals surface area contributed by atoms with Crippen molar-refractivity contribution in [2.45, 2.75) is 45.4 Å². The van der Waals surface area contributed by atoms with Gasteiger partial charge in [0.15, 0.2) is 0 Å². The van der Waals surface area contributed by atoms with Crippen LogP contribution in [0.3, 0.4) is 0 Å². The van der Waals surface area contributed by atoms with Crippen molar-refractivity contribution in [2.75, 3.05) is 31.1 Å². The molecule has 0 N–H and O–H groups in total. The van der Waals surface area contributed by atoms with Crippen molar-refractivity contribution in [3.05, 3.63) is 60.6 Å². The zero-order chi connectivity index (χ0) is 22.7. The van der Waals surface area contributed by atoms with Gasteiger partial charge in [-0.3, -0.25) is 9.78 Å². The van der Waals surface area contributed by atoms with Gasteiger partial charge >= 0.3 is 0 Å². The Morgan fingerprint density at radius 3 is 2.58 bits per heavy atom. The molecule has 1 unspecified atom stereocenters. The molecule has 5 rings (SSSR count). The minimum absolute atomic E-state index is 0.281. The molecule has 1 amide bonds. The number of piperidine rings is 1. The molecule has 33 heavy (non-hydrogen) atoms. The Hall–Kier alpha value is -3.02. The highest BCUT2D eigenvalue weighted by Gasteiger charge is 2.40. The fourth-order valence-corrected chi connectivity index (χ4v) is 5.41. The maximum Gasteiger partial charge on any atom is 0.228 e. The second-order valence-electron chi connectivity index (χ2n) is 9.92. The summed E-state index contributed by atoms with van der Waals surface area (Å²) in [6.45, 7) is 5.58. The van der Waals surface area contributed by atoms with Gasteiger partial charge in [0, 0.05) is 55.6 Å². The Kier molecular flexibility index (Phi) is 6.25. The second-order valence-corrected chi connectivity index (χ2v) is 9.92. The van der Waals surface area contributed by atoms with Crippen molar-refractivity contribution in [3.63, 3.8) is 0 Å². The van der Waals surface area contributed by atoms with Crippen molar-refractivity contribution in [2.24, 2.45) is 11.3 Å². The maximum absolute atomic E-state index is 13.6. The van der Waals surface area contributed by atoms with Crippen LogP contribution in [0.2, 0.25) is 0 Å². The summed E-state index contributed by atoms with van der Waals surface area (Å²) < 4.78 is 0. The van der Waals surface area contributed by atoms with Gasteiger partial charge in [0.1, 0.15) is 0 Å². The van der Waals surface area contributed by atoms with Gasteiger partial charge in [-0.05, 0) is 74.3 Å². The lowest BCUT2D eigenvalue weighted by Gasteiger charge is -2.41. The summed E-state index contributed by atoms with van der Waals surface area (Å²) in [6, 6.07) is 12.6. The van der Waals surface area contributed by atoms with E-state index in [0.717, 1.165) is 69.7 Å². The van der Waals surface area contributed by atoms with Crippen molar-refractivity contribution < 1.29 is 4.79 Å². The average molecular weight is 444 g/mol. The summed E-state index contributed by atoms with van der Waals surface area (Å²) >= 11 is 0. The van der Waals surface area contributed by atoms with E-state index < -0.39 is 0 Å². The number of carbonyl (C=O) groups is 1. The molecule has 0 saturated carbocycles. The third kappa shape index (κ3) is 4.85. The van der Waals surface area contributed by atoms with E-state index in [2.05, 4.69) is 55.9 Å². The van der Waals surface area contributed by atoms with Gasteiger partial charge in [-0.1, -0.05) is 19.1 Å². The molecule has 172 valence electrons. The van der Waals surface area contributed by atoms with Crippen LogP contribution < -0.4 is 4.90 Å². The van der Waals surface area contributed by atoms with Gasteiger partial charge in [-0.25, -0.2) is 9.97 Å². The molecule has 0 spiro atoms. The van der Waals surface area contributed by atoms with E-state index in [9.17, 15) is 4.79 Å². The minimum Gasteiger partial charge on any atom is -0.342 e. The van der Waals surface area contributed by atoms with E-state index in [4.69, 9.17) is 0 Å². The van der Waals surface area contributed by atoms with Crippen LogP contribution in [-0.2, 0) is 11.2 Å².